The van der Waals surface area contributed by atoms with Crippen LogP contribution in [0, 0.1) is 11.7 Å². The summed E-state index contributed by atoms with van der Waals surface area (Å²) in [6.07, 6.45) is 0.909. The maximum Gasteiger partial charge on any atom is 0.160 e. The van der Waals surface area contributed by atoms with Gasteiger partial charge in [-0.3, -0.25) is 0 Å². The molecular formula is C12H16BrFN2O. The normalized spacial score (nSPS) is 20.0. The molecule has 3 N–H and O–H groups in total. The van der Waals surface area contributed by atoms with Crippen molar-refractivity contribution in [3.05, 3.63) is 28.0 Å². The highest BCUT2D eigenvalue weighted by atomic mass is 79.9. The molecule has 1 fully saturated rings. The van der Waals surface area contributed by atoms with E-state index in [-0.39, 0.29) is 18.3 Å². The van der Waals surface area contributed by atoms with Gasteiger partial charge in [0.2, 0.25) is 0 Å². The molecule has 5 heteroatoms. The molecule has 2 rings (SSSR count). The Kier molecular flexibility index (Phi) is 4.01. The highest BCUT2D eigenvalue weighted by Crippen LogP contribution is 2.32. The van der Waals surface area contributed by atoms with Crippen molar-refractivity contribution in [3.8, 4) is 0 Å². The molecule has 17 heavy (non-hydrogen) atoms. The summed E-state index contributed by atoms with van der Waals surface area (Å²) in [5, 5.41) is 9.09. The predicted molar refractivity (Wildman–Crippen MR) is 69.4 cm³/mol. The Morgan fingerprint density at radius 3 is 2.88 bits per heavy atom. The Bertz CT molecular complexity index is 414. The Morgan fingerprint density at radius 1 is 1.53 bits per heavy atom. The van der Waals surface area contributed by atoms with Gasteiger partial charge >= 0.3 is 0 Å². The van der Waals surface area contributed by atoms with Gasteiger partial charge in [-0.2, -0.15) is 0 Å². The Balaban J connectivity index is 2.25. The van der Waals surface area contributed by atoms with Crippen LogP contribution < -0.4 is 10.6 Å². The van der Waals surface area contributed by atoms with Crippen LogP contribution in [-0.2, 0) is 6.54 Å². The zero-order valence-corrected chi connectivity index (χ0v) is 11.1. The van der Waals surface area contributed by atoms with Gasteiger partial charge in [-0.25, -0.2) is 4.39 Å². The number of aliphatic hydroxyl groups excluding tert-OH is 1. The molecule has 1 aromatic rings. The van der Waals surface area contributed by atoms with Crippen molar-refractivity contribution in [1.29, 1.82) is 0 Å². The van der Waals surface area contributed by atoms with Crippen LogP contribution in [0.4, 0.5) is 10.1 Å². The minimum Gasteiger partial charge on any atom is -0.396 e. The maximum atomic E-state index is 14.1. The molecular weight excluding hydrogens is 287 g/mol. The van der Waals surface area contributed by atoms with Crippen LogP contribution in [0.25, 0.3) is 0 Å². The molecule has 94 valence electrons. The van der Waals surface area contributed by atoms with E-state index in [9.17, 15) is 4.39 Å². The first-order chi connectivity index (χ1) is 8.17. The van der Waals surface area contributed by atoms with Gasteiger partial charge in [0.05, 0.1) is 10.2 Å². The molecule has 1 aliphatic rings. The van der Waals surface area contributed by atoms with Crippen LogP contribution in [0.5, 0.6) is 0 Å². The first-order valence-electron chi connectivity index (χ1n) is 5.70. The van der Waals surface area contributed by atoms with Gasteiger partial charge in [0.25, 0.3) is 0 Å². The fourth-order valence-corrected chi connectivity index (χ4v) is 2.68. The molecule has 3 nitrogen and oxygen atoms in total. The van der Waals surface area contributed by atoms with Gasteiger partial charge < -0.3 is 15.7 Å². The number of aliphatic hydroxyl groups is 1. The SMILES string of the molecule is NCc1ccc(N2CCC(CO)C2)c(F)c1Br. The number of rotatable bonds is 3. The number of anilines is 1. The predicted octanol–water partition coefficient (Wildman–Crippen LogP) is 1.87. The lowest BCUT2D eigenvalue weighted by Gasteiger charge is -2.20. The number of hydrogen-bond donors (Lipinski definition) is 2. The van der Waals surface area contributed by atoms with Gasteiger partial charge in [-0.05, 0) is 34.0 Å². The van der Waals surface area contributed by atoms with Crippen molar-refractivity contribution >= 4 is 21.6 Å². The quantitative estimate of drug-likeness (QED) is 0.896. The minimum absolute atomic E-state index is 0.167. The third-order valence-corrected chi connectivity index (χ3v) is 4.10. The van der Waals surface area contributed by atoms with E-state index < -0.39 is 0 Å². The van der Waals surface area contributed by atoms with Crippen molar-refractivity contribution < 1.29 is 9.50 Å². The van der Waals surface area contributed by atoms with E-state index >= 15 is 0 Å². The molecule has 0 bridgehead atoms. The summed E-state index contributed by atoms with van der Waals surface area (Å²) in [5.74, 6) is -0.00565. The van der Waals surface area contributed by atoms with E-state index in [0.29, 0.717) is 23.2 Å². The van der Waals surface area contributed by atoms with E-state index in [2.05, 4.69) is 15.9 Å². The molecule has 1 aliphatic heterocycles. The topological polar surface area (TPSA) is 49.5 Å². The Morgan fingerprint density at radius 2 is 2.29 bits per heavy atom. The van der Waals surface area contributed by atoms with Gasteiger partial charge in [0, 0.05) is 32.2 Å². The lowest BCUT2D eigenvalue weighted by molar-refractivity contribution is 0.238. The van der Waals surface area contributed by atoms with E-state index in [4.69, 9.17) is 10.8 Å². The summed E-state index contributed by atoms with van der Waals surface area (Å²) in [7, 11) is 0. The van der Waals surface area contributed by atoms with Crippen LogP contribution in [0.15, 0.2) is 16.6 Å². The van der Waals surface area contributed by atoms with Gasteiger partial charge in [-0.15, -0.1) is 0 Å². The van der Waals surface area contributed by atoms with Crippen molar-refractivity contribution in [3.63, 3.8) is 0 Å². The minimum atomic E-state index is -0.258. The van der Waals surface area contributed by atoms with Crippen LogP contribution in [-0.4, -0.2) is 24.8 Å². The summed E-state index contributed by atoms with van der Waals surface area (Å²) in [5.41, 5.74) is 6.88. The Hall–Kier alpha value is -0.650. The summed E-state index contributed by atoms with van der Waals surface area (Å²) in [6.45, 7) is 1.98. The van der Waals surface area contributed by atoms with Crippen LogP contribution in [0.2, 0.25) is 0 Å². The van der Waals surface area contributed by atoms with Crippen LogP contribution >= 0.6 is 15.9 Å². The van der Waals surface area contributed by atoms with Gasteiger partial charge in [0.15, 0.2) is 5.82 Å². The molecule has 0 spiro atoms. The molecule has 1 aromatic carbocycles. The fourth-order valence-electron chi connectivity index (χ4n) is 2.18. The van der Waals surface area contributed by atoms with E-state index in [1.165, 1.54) is 0 Å². The van der Waals surface area contributed by atoms with E-state index in [1.54, 1.807) is 6.07 Å². The summed E-state index contributed by atoms with van der Waals surface area (Å²) in [6, 6.07) is 3.61. The molecule has 0 radical (unpaired) electrons. The van der Waals surface area contributed by atoms with E-state index in [0.717, 1.165) is 18.5 Å². The smallest absolute Gasteiger partial charge is 0.160 e. The third-order valence-electron chi connectivity index (χ3n) is 3.25. The third kappa shape index (κ3) is 2.46. The number of halogens is 2. The van der Waals surface area contributed by atoms with Crippen molar-refractivity contribution in [2.75, 3.05) is 24.6 Å². The Labute approximate surface area is 109 Å². The van der Waals surface area contributed by atoms with Gasteiger partial charge in [-0.1, -0.05) is 6.07 Å². The second kappa shape index (κ2) is 5.33. The molecule has 1 atom stereocenters. The maximum absolute atomic E-state index is 14.1. The number of benzene rings is 1. The lowest BCUT2D eigenvalue weighted by Crippen LogP contribution is -2.22. The molecule has 0 aromatic heterocycles. The lowest BCUT2D eigenvalue weighted by atomic mass is 10.1. The largest absolute Gasteiger partial charge is 0.396 e. The zero-order chi connectivity index (χ0) is 12.4. The average molecular weight is 303 g/mol. The molecule has 0 aliphatic carbocycles. The summed E-state index contributed by atoms with van der Waals surface area (Å²) in [4.78, 5) is 1.97. The first kappa shape index (κ1) is 12.8. The highest BCUT2D eigenvalue weighted by molar-refractivity contribution is 9.10. The number of hydrogen-bond acceptors (Lipinski definition) is 3. The first-order valence-corrected chi connectivity index (χ1v) is 6.49. The zero-order valence-electron chi connectivity index (χ0n) is 9.50. The van der Waals surface area contributed by atoms with Crippen molar-refractivity contribution in [2.24, 2.45) is 11.7 Å². The number of nitrogens with two attached hydrogens (primary N) is 1. The fraction of sp³-hybridized carbons (Fsp3) is 0.500. The number of nitrogens with zero attached hydrogens (tertiary/aromatic N) is 1. The molecule has 1 unspecified atom stereocenters. The highest BCUT2D eigenvalue weighted by Gasteiger charge is 2.25. The summed E-state index contributed by atoms with van der Waals surface area (Å²) < 4.78 is 14.6. The average Bonchev–Trinajstić information content (AvgIpc) is 2.81. The van der Waals surface area contributed by atoms with Crippen LogP contribution in [0.1, 0.15) is 12.0 Å². The van der Waals surface area contributed by atoms with E-state index in [1.807, 2.05) is 11.0 Å². The molecule has 1 saturated heterocycles. The second-order valence-electron chi connectivity index (χ2n) is 4.36. The molecule has 0 saturated carbocycles. The van der Waals surface area contributed by atoms with Crippen LogP contribution in [0.3, 0.4) is 0 Å². The van der Waals surface area contributed by atoms with Crippen molar-refractivity contribution in [1.82, 2.24) is 0 Å². The summed E-state index contributed by atoms with van der Waals surface area (Å²) >= 11 is 3.24. The molecule has 1 heterocycles. The second-order valence-corrected chi connectivity index (χ2v) is 5.15. The monoisotopic (exact) mass is 302 g/mol. The standard InChI is InChI=1S/C12H16BrFN2O/c13-11-9(5-15)1-2-10(12(11)14)16-4-3-8(6-16)7-17/h1-2,8,17H,3-7,15H2. The molecule has 0 amide bonds. The van der Waals surface area contributed by atoms with Crippen molar-refractivity contribution in [2.45, 2.75) is 13.0 Å². The van der Waals surface area contributed by atoms with Gasteiger partial charge in [0.1, 0.15) is 0 Å².